The summed E-state index contributed by atoms with van der Waals surface area (Å²) in [5, 5.41) is 1.85. The fraction of sp³-hybridized carbons (Fsp3) is 0.478. The van der Waals surface area contributed by atoms with Crippen LogP contribution in [0.2, 0.25) is 0 Å². The maximum absolute atomic E-state index is 12.5. The molecule has 8 nitrogen and oxygen atoms in total. The van der Waals surface area contributed by atoms with Crippen LogP contribution in [0.5, 0.6) is 0 Å². The van der Waals surface area contributed by atoms with Crippen LogP contribution in [0.25, 0.3) is 0 Å². The molecule has 0 spiro atoms. The van der Waals surface area contributed by atoms with Crippen LogP contribution < -0.4 is 4.80 Å². The quantitative estimate of drug-likeness (QED) is 0.640. The summed E-state index contributed by atoms with van der Waals surface area (Å²) >= 11 is 1.33. The lowest BCUT2D eigenvalue weighted by Crippen LogP contribution is -2.44. The van der Waals surface area contributed by atoms with E-state index in [2.05, 4.69) is 4.99 Å². The molecule has 0 unspecified atom stereocenters. The molecule has 1 atom stereocenters. The van der Waals surface area contributed by atoms with Crippen molar-refractivity contribution in [1.82, 2.24) is 9.47 Å². The molecule has 1 aliphatic heterocycles. The van der Waals surface area contributed by atoms with Crippen LogP contribution >= 0.6 is 11.3 Å². The fourth-order valence-electron chi connectivity index (χ4n) is 3.32. The van der Waals surface area contributed by atoms with Crippen LogP contribution in [-0.4, -0.2) is 52.2 Å². The molecule has 2 aromatic rings. The van der Waals surface area contributed by atoms with Crippen molar-refractivity contribution in [3.8, 4) is 0 Å². The summed E-state index contributed by atoms with van der Waals surface area (Å²) in [6, 6.07) is 7.39. The van der Waals surface area contributed by atoms with Gasteiger partial charge in [-0.1, -0.05) is 29.8 Å². The van der Waals surface area contributed by atoms with Crippen molar-refractivity contribution in [2.45, 2.75) is 58.7 Å². The lowest BCUT2D eigenvalue weighted by atomic mass is 10.1. The van der Waals surface area contributed by atoms with Crippen LogP contribution in [0.1, 0.15) is 44.7 Å². The molecular weight excluding hydrogens is 430 g/mol. The number of rotatable bonds is 5. The van der Waals surface area contributed by atoms with Crippen molar-refractivity contribution in [3.63, 3.8) is 0 Å². The Balaban J connectivity index is 1.58. The number of likely N-dealkylation sites (tertiary alicyclic amines) is 1. The van der Waals surface area contributed by atoms with Gasteiger partial charge in [0.15, 0.2) is 11.4 Å². The monoisotopic (exact) mass is 459 g/mol. The van der Waals surface area contributed by atoms with E-state index < -0.39 is 36.2 Å². The molecule has 0 bridgehead atoms. The van der Waals surface area contributed by atoms with Crippen LogP contribution in [-0.2, 0) is 25.6 Å². The molecule has 1 aromatic carbocycles. The van der Waals surface area contributed by atoms with Gasteiger partial charge in [0.25, 0.3) is 5.91 Å². The summed E-state index contributed by atoms with van der Waals surface area (Å²) in [6.07, 6.45) is 2.46. The van der Waals surface area contributed by atoms with Crippen molar-refractivity contribution in [1.29, 1.82) is 0 Å². The molecular formula is C23H29N3O5S. The van der Waals surface area contributed by atoms with Gasteiger partial charge in [-0.2, -0.15) is 4.99 Å². The normalized spacial score (nSPS) is 16.8. The average Bonchev–Trinajstić information content (AvgIpc) is 3.36. The molecule has 9 heteroatoms. The van der Waals surface area contributed by atoms with Gasteiger partial charge in [-0.15, -0.1) is 11.3 Å². The molecule has 1 aliphatic rings. The Morgan fingerprint density at radius 3 is 2.59 bits per heavy atom. The Bertz CT molecular complexity index is 1030. The highest BCUT2D eigenvalue weighted by molar-refractivity contribution is 7.07. The number of benzene rings is 1. The lowest BCUT2D eigenvalue weighted by molar-refractivity contribution is -0.152. The Morgan fingerprint density at radius 2 is 1.91 bits per heavy atom. The smallest absolute Gasteiger partial charge is 0.411 e. The number of hydrogen-bond acceptors (Lipinski definition) is 6. The van der Waals surface area contributed by atoms with E-state index in [1.807, 2.05) is 47.3 Å². The van der Waals surface area contributed by atoms with Crippen molar-refractivity contribution in [2.24, 2.45) is 4.99 Å². The molecule has 0 radical (unpaired) electrons. The van der Waals surface area contributed by atoms with E-state index in [-0.39, 0.29) is 0 Å². The molecule has 0 aliphatic carbocycles. The third-order valence-corrected chi connectivity index (χ3v) is 5.64. The van der Waals surface area contributed by atoms with Gasteiger partial charge >= 0.3 is 12.1 Å². The Labute approximate surface area is 191 Å². The van der Waals surface area contributed by atoms with Gasteiger partial charge in [0, 0.05) is 24.7 Å². The van der Waals surface area contributed by atoms with Gasteiger partial charge in [-0.3, -0.25) is 9.69 Å². The van der Waals surface area contributed by atoms with Crippen LogP contribution in [0.3, 0.4) is 0 Å². The molecule has 2 heterocycles. The number of amides is 2. The molecule has 172 valence electrons. The number of thiazole rings is 1. The molecule has 0 saturated carbocycles. The number of esters is 1. The second-order valence-corrected chi connectivity index (χ2v) is 9.62. The van der Waals surface area contributed by atoms with Crippen molar-refractivity contribution < 1.29 is 23.9 Å². The summed E-state index contributed by atoms with van der Waals surface area (Å²) in [6.45, 7) is 7.86. The third-order valence-electron chi connectivity index (χ3n) is 4.84. The van der Waals surface area contributed by atoms with Gasteiger partial charge in [0.05, 0.1) is 0 Å². The number of ether oxygens (including phenoxy) is 2. The van der Waals surface area contributed by atoms with Gasteiger partial charge < -0.3 is 14.0 Å². The van der Waals surface area contributed by atoms with Gasteiger partial charge in [-0.05, 0) is 46.1 Å². The SMILES string of the molecule is Cc1ccc(Cn2ccsc2=NC(=O)COC(=O)[C@H]2CCCN2C(=O)OC(C)(C)C)cc1. The first-order valence-corrected chi connectivity index (χ1v) is 11.4. The number of carbonyl (C=O) groups is 3. The topological polar surface area (TPSA) is 90.2 Å². The first-order valence-electron chi connectivity index (χ1n) is 10.6. The largest absolute Gasteiger partial charge is 0.454 e. The summed E-state index contributed by atoms with van der Waals surface area (Å²) in [7, 11) is 0. The van der Waals surface area contributed by atoms with Gasteiger partial charge in [0.1, 0.15) is 11.6 Å². The molecule has 3 rings (SSSR count). The highest BCUT2D eigenvalue weighted by atomic mass is 32.1. The second-order valence-electron chi connectivity index (χ2n) is 8.74. The summed E-state index contributed by atoms with van der Waals surface area (Å²) in [5.41, 5.74) is 1.62. The Morgan fingerprint density at radius 1 is 1.19 bits per heavy atom. The predicted molar refractivity (Wildman–Crippen MR) is 120 cm³/mol. The minimum Gasteiger partial charge on any atom is -0.454 e. The van der Waals surface area contributed by atoms with E-state index in [1.54, 1.807) is 20.8 Å². The molecule has 1 saturated heterocycles. The average molecular weight is 460 g/mol. The summed E-state index contributed by atoms with van der Waals surface area (Å²) in [5.74, 6) is -1.17. The maximum Gasteiger partial charge on any atom is 0.411 e. The van der Waals surface area contributed by atoms with E-state index in [4.69, 9.17) is 9.47 Å². The zero-order valence-electron chi connectivity index (χ0n) is 18.9. The van der Waals surface area contributed by atoms with Gasteiger partial charge in [-0.25, -0.2) is 9.59 Å². The zero-order chi connectivity index (χ0) is 23.3. The minimum absolute atomic E-state index is 0.418. The lowest BCUT2D eigenvalue weighted by Gasteiger charge is -2.27. The summed E-state index contributed by atoms with van der Waals surface area (Å²) in [4.78, 5) is 43.2. The number of carbonyl (C=O) groups excluding carboxylic acids is 3. The molecule has 1 fully saturated rings. The highest BCUT2D eigenvalue weighted by Crippen LogP contribution is 2.21. The van der Waals surface area contributed by atoms with Crippen molar-refractivity contribution >= 4 is 29.3 Å². The van der Waals surface area contributed by atoms with Crippen LogP contribution in [0.4, 0.5) is 4.79 Å². The number of aromatic nitrogens is 1. The first-order chi connectivity index (χ1) is 15.1. The fourth-order valence-corrected chi connectivity index (χ4v) is 4.06. The molecule has 0 N–H and O–H groups in total. The molecule has 32 heavy (non-hydrogen) atoms. The van der Waals surface area contributed by atoms with Crippen LogP contribution in [0, 0.1) is 6.92 Å². The Kier molecular flexibility index (Phi) is 7.50. The minimum atomic E-state index is -0.745. The first kappa shape index (κ1) is 23.7. The Hall–Kier alpha value is -2.94. The molecule has 2 amide bonds. The number of nitrogens with zero attached hydrogens (tertiary/aromatic N) is 3. The van der Waals surface area contributed by atoms with E-state index in [0.29, 0.717) is 30.7 Å². The van der Waals surface area contributed by atoms with E-state index in [9.17, 15) is 14.4 Å². The van der Waals surface area contributed by atoms with Gasteiger partial charge in [0.2, 0.25) is 0 Å². The predicted octanol–water partition coefficient (Wildman–Crippen LogP) is 3.28. The number of hydrogen-bond donors (Lipinski definition) is 0. The zero-order valence-corrected chi connectivity index (χ0v) is 19.7. The van der Waals surface area contributed by atoms with Crippen molar-refractivity contribution in [3.05, 3.63) is 51.8 Å². The second kappa shape index (κ2) is 10.1. The van der Waals surface area contributed by atoms with E-state index >= 15 is 0 Å². The molecule has 1 aromatic heterocycles. The maximum atomic E-state index is 12.5. The third kappa shape index (κ3) is 6.53. The highest BCUT2D eigenvalue weighted by Gasteiger charge is 2.37. The van der Waals surface area contributed by atoms with Crippen LogP contribution in [0.15, 0.2) is 40.8 Å². The number of aryl methyl sites for hydroxylation is 1. The van der Waals surface area contributed by atoms with E-state index in [0.717, 1.165) is 5.56 Å². The van der Waals surface area contributed by atoms with E-state index in [1.165, 1.54) is 21.8 Å². The summed E-state index contributed by atoms with van der Waals surface area (Å²) < 4.78 is 12.4. The standard InChI is InChI=1S/C23H29N3O5S/c1-16-7-9-17(10-8-16)14-25-12-13-32-21(25)24-19(27)15-30-20(28)18-6-5-11-26(18)22(29)31-23(2,3)4/h7-10,12-13,18H,5-6,11,14-15H2,1-4H3/t18-/m1/s1. The van der Waals surface area contributed by atoms with Crippen molar-refractivity contribution in [2.75, 3.05) is 13.2 Å².